The Labute approximate surface area is 243 Å². The summed E-state index contributed by atoms with van der Waals surface area (Å²) >= 11 is 1.82. The van der Waals surface area contributed by atoms with Crippen molar-refractivity contribution in [1.82, 2.24) is 9.97 Å². The molecular formula is C37H42N2S. The average Bonchev–Trinajstić information content (AvgIpc) is 3.40. The number of fused-ring (bicyclic) bond motifs is 2. The van der Waals surface area contributed by atoms with Gasteiger partial charge in [-0.1, -0.05) is 97.2 Å². The summed E-state index contributed by atoms with van der Waals surface area (Å²) in [5, 5.41) is 3.85. The standard InChI is InChI=1S/C37H42N2S/c1-22(2)27-19-30(23(3)4)34(31(20-27)24(5)6)37-39-33-16-17-38-35(36(33)40-37)28-18-26-14-10-11-15-29(26)32(21-28)25-12-8-7-9-13-25/h10-11,14-25H,7-9,12-13H2,1-6H3. The third kappa shape index (κ3) is 4.98. The molecule has 2 aromatic heterocycles. The third-order valence-electron chi connectivity index (χ3n) is 8.86. The van der Waals surface area contributed by atoms with Crippen LogP contribution in [-0.4, -0.2) is 9.97 Å². The second kappa shape index (κ2) is 11.1. The molecular weight excluding hydrogens is 504 g/mol. The number of thiazole rings is 1. The van der Waals surface area contributed by atoms with Crippen molar-refractivity contribution in [3.8, 4) is 21.8 Å². The summed E-state index contributed by atoms with van der Waals surface area (Å²) in [6.45, 7) is 13.9. The van der Waals surface area contributed by atoms with Crippen LogP contribution >= 0.6 is 11.3 Å². The molecule has 5 aromatic rings. The van der Waals surface area contributed by atoms with Crippen LogP contribution in [0.2, 0.25) is 0 Å². The maximum absolute atomic E-state index is 5.28. The van der Waals surface area contributed by atoms with Crippen molar-refractivity contribution in [3.05, 3.63) is 83.0 Å². The van der Waals surface area contributed by atoms with Crippen molar-refractivity contribution in [1.29, 1.82) is 0 Å². The summed E-state index contributed by atoms with van der Waals surface area (Å²) in [7, 11) is 0. The quantitative estimate of drug-likeness (QED) is 0.212. The highest BCUT2D eigenvalue weighted by molar-refractivity contribution is 7.22. The van der Waals surface area contributed by atoms with Gasteiger partial charge in [-0.05, 0) is 87.7 Å². The zero-order valence-electron chi connectivity index (χ0n) is 24.9. The van der Waals surface area contributed by atoms with E-state index in [4.69, 9.17) is 9.97 Å². The fraction of sp³-hybridized carbons (Fsp3) is 0.405. The van der Waals surface area contributed by atoms with Gasteiger partial charge in [-0.25, -0.2) is 4.98 Å². The van der Waals surface area contributed by atoms with Gasteiger partial charge >= 0.3 is 0 Å². The molecule has 1 aliphatic rings. The lowest BCUT2D eigenvalue weighted by molar-refractivity contribution is 0.445. The Balaban J connectivity index is 1.55. The monoisotopic (exact) mass is 546 g/mol. The highest BCUT2D eigenvalue weighted by atomic mass is 32.1. The lowest BCUT2D eigenvalue weighted by Crippen LogP contribution is -2.05. The highest BCUT2D eigenvalue weighted by Gasteiger charge is 2.23. The van der Waals surface area contributed by atoms with Gasteiger partial charge in [0.25, 0.3) is 0 Å². The van der Waals surface area contributed by atoms with Crippen LogP contribution < -0.4 is 0 Å². The fourth-order valence-corrected chi connectivity index (χ4v) is 7.76. The molecule has 0 radical (unpaired) electrons. The minimum Gasteiger partial charge on any atom is -0.255 e. The summed E-state index contributed by atoms with van der Waals surface area (Å²) in [6, 6.07) is 20.7. The molecule has 0 saturated heterocycles. The van der Waals surface area contributed by atoms with Crippen LogP contribution in [0, 0.1) is 0 Å². The molecule has 2 heterocycles. The number of benzene rings is 3. The first-order valence-electron chi connectivity index (χ1n) is 15.3. The zero-order chi connectivity index (χ0) is 28.0. The Hall–Kier alpha value is -3.04. The molecule has 1 saturated carbocycles. The molecule has 40 heavy (non-hydrogen) atoms. The first-order chi connectivity index (χ1) is 19.3. The van der Waals surface area contributed by atoms with E-state index >= 15 is 0 Å². The van der Waals surface area contributed by atoms with Crippen LogP contribution in [0.4, 0.5) is 0 Å². The maximum Gasteiger partial charge on any atom is 0.125 e. The van der Waals surface area contributed by atoms with Gasteiger partial charge in [0, 0.05) is 17.3 Å². The summed E-state index contributed by atoms with van der Waals surface area (Å²) in [6.07, 6.45) is 8.57. The van der Waals surface area contributed by atoms with E-state index in [0.717, 1.165) is 16.2 Å². The van der Waals surface area contributed by atoms with Gasteiger partial charge < -0.3 is 0 Å². The molecule has 1 aliphatic carbocycles. The van der Waals surface area contributed by atoms with Gasteiger partial charge in [-0.3, -0.25) is 4.98 Å². The molecule has 0 bridgehead atoms. The van der Waals surface area contributed by atoms with Gasteiger partial charge in [0.1, 0.15) is 5.01 Å². The fourth-order valence-electron chi connectivity index (χ4n) is 6.60. The molecule has 206 valence electrons. The highest BCUT2D eigenvalue weighted by Crippen LogP contribution is 2.44. The molecule has 0 spiro atoms. The number of rotatable bonds is 6. The van der Waals surface area contributed by atoms with Gasteiger partial charge in [-0.2, -0.15) is 0 Å². The van der Waals surface area contributed by atoms with Gasteiger partial charge in [0.2, 0.25) is 0 Å². The Bertz CT molecular complexity index is 1640. The topological polar surface area (TPSA) is 25.8 Å². The van der Waals surface area contributed by atoms with Crippen LogP contribution in [0.25, 0.3) is 42.8 Å². The summed E-state index contributed by atoms with van der Waals surface area (Å²) < 4.78 is 1.19. The lowest BCUT2D eigenvalue weighted by atomic mass is 9.81. The van der Waals surface area contributed by atoms with Crippen LogP contribution in [0.5, 0.6) is 0 Å². The molecule has 0 amide bonds. The predicted octanol–water partition coefficient (Wildman–Crippen LogP) is 11.6. The SMILES string of the molecule is CC(C)c1cc(C(C)C)c(-c2nc3ccnc(-c4cc(C5CCCCC5)c5ccccc5c4)c3s2)c(C(C)C)c1. The van der Waals surface area contributed by atoms with Crippen LogP contribution in [-0.2, 0) is 0 Å². The van der Waals surface area contributed by atoms with E-state index in [1.165, 1.54) is 81.0 Å². The van der Waals surface area contributed by atoms with E-state index in [9.17, 15) is 0 Å². The van der Waals surface area contributed by atoms with Gasteiger partial charge in [-0.15, -0.1) is 11.3 Å². The molecule has 1 fully saturated rings. The molecule has 3 heteroatoms. The lowest BCUT2D eigenvalue weighted by Gasteiger charge is -2.24. The number of hydrogen-bond acceptors (Lipinski definition) is 3. The average molecular weight is 547 g/mol. The van der Waals surface area contributed by atoms with E-state index in [1.807, 2.05) is 17.5 Å². The van der Waals surface area contributed by atoms with Crippen molar-refractivity contribution >= 4 is 32.3 Å². The maximum atomic E-state index is 5.28. The molecule has 0 unspecified atom stereocenters. The summed E-state index contributed by atoms with van der Waals surface area (Å²) in [5.74, 6) is 1.99. The van der Waals surface area contributed by atoms with Crippen molar-refractivity contribution in [2.75, 3.05) is 0 Å². The molecule has 3 aromatic carbocycles. The number of aromatic nitrogens is 2. The Kier molecular flexibility index (Phi) is 7.52. The first kappa shape index (κ1) is 27.1. The third-order valence-corrected chi connectivity index (χ3v) is 9.96. The molecule has 0 N–H and O–H groups in total. The van der Waals surface area contributed by atoms with E-state index in [1.54, 1.807) is 0 Å². The van der Waals surface area contributed by atoms with Crippen molar-refractivity contribution < 1.29 is 0 Å². The minimum absolute atomic E-state index is 0.425. The zero-order valence-corrected chi connectivity index (χ0v) is 25.7. The smallest absolute Gasteiger partial charge is 0.125 e. The van der Waals surface area contributed by atoms with Crippen LogP contribution in [0.15, 0.2) is 60.8 Å². The number of nitrogens with zero attached hydrogens (tertiary/aromatic N) is 2. The van der Waals surface area contributed by atoms with Crippen molar-refractivity contribution in [3.63, 3.8) is 0 Å². The molecule has 0 aliphatic heterocycles. The minimum atomic E-state index is 0.425. The van der Waals surface area contributed by atoms with Gasteiger partial charge in [0.15, 0.2) is 0 Å². The van der Waals surface area contributed by atoms with E-state index in [2.05, 4.69) is 96.1 Å². The molecule has 2 nitrogen and oxygen atoms in total. The molecule has 0 atom stereocenters. The Morgan fingerprint density at radius 3 is 2.15 bits per heavy atom. The Morgan fingerprint density at radius 2 is 1.48 bits per heavy atom. The van der Waals surface area contributed by atoms with Crippen molar-refractivity contribution in [2.45, 2.75) is 97.3 Å². The number of pyridine rings is 1. The second-order valence-electron chi connectivity index (χ2n) is 12.7. The number of hydrogen-bond donors (Lipinski definition) is 0. The molecule has 6 rings (SSSR count). The van der Waals surface area contributed by atoms with Gasteiger partial charge in [0.05, 0.1) is 15.9 Å². The predicted molar refractivity (Wildman–Crippen MR) is 174 cm³/mol. The largest absolute Gasteiger partial charge is 0.255 e. The van der Waals surface area contributed by atoms with Crippen molar-refractivity contribution in [2.24, 2.45) is 0 Å². The first-order valence-corrected chi connectivity index (χ1v) is 16.1. The summed E-state index contributed by atoms with van der Waals surface area (Å²) in [5.41, 5.74) is 10.4. The normalized spacial score (nSPS) is 14.8. The van der Waals surface area contributed by atoms with Crippen LogP contribution in [0.1, 0.15) is 120 Å². The van der Waals surface area contributed by atoms with E-state index in [0.29, 0.717) is 23.7 Å². The Morgan fingerprint density at radius 1 is 0.775 bits per heavy atom. The summed E-state index contributed by atoms with van der Waals surface area (Å²) in [4.78, 5) is 10.3. The second-order valence-corrected chi connectivity index (χ2v) is 13.7. The van der Waals surface area contributed by atoms with E-state index in [-0.39, 0.29) is 0 Å². The van der Waals surface area contributed by atoms with E-state index < -0.39 is 0 Å². The van der Waals surface area contributed by atoms with Crippen LogP contribution in [0.3, 0.4) is 0 Å².